The van der Waals surface area contributed by atoms with Crippen molar-refractivity contribution >= 4 is 11.8 Å². The molecule has 2 rings (SSSR count). The summed E-state index contributed by atoms with van der Waals surface area (Å²) in [5.74, 6) is 5.57. The van der Waals surface area contributed by atoms with Gasteiger partial charge in [-0.05, 0) is 25.0 Å². The maximum atomic E-state index is 12.3. The van der Waals surface area contributed by atoms with Crippen LogP contribution in [-0.2, 0) is 4.79 Å². The summed E-state index contributed by atoms with van der Waals surface area (Å²) in [6, 6.07) is 8.89. The monoisotopic (exact) mass is 255 g/mol. The van der Waals surface area contributed by atoms with Gasteiger partial charge in [-0.2, -0.15) is 0 Å². The van der Waals surface area contributed by atoms with Crippen LogP contribution in [0.5, 0.6) is 0 Å². The van der Waals surface area contributed by atoms with E-state index in [1.807, 2.05) is 6.07 Å². The first kappa shape index (κ1) is 13.4. The van der Waals surface area contributed by atoms with Crippen LogP contribution in [0.25, 0.3) is 0 Å². The quantitative estimate of drug-likeness (QED) is 0.571. The van der Waals surface area contributed by atoms with E-state index in [1.54, 1.807) is 24.3 Å². The number of rotatable bonds is 1. The number of amides is 2. The highest BCUT2D eigenvalue weighted by Gasteiger charge is 2.21. The molecule has 19 heavy (non-hydrogen) atoms. The first-order valence-electron chi connectivity index (χ1n) is 6.64. The van der Waals surface area contributed by atoms with E-state index in [4.69, 9.17) is 0 Å². The standard InChI is InChI=1S/C16H17NO2/c18-15-12-8-3-1-2-4-9-13-17(15)16(19)14-10-6-5-7-11-14/h5-7,10-11H,1-3,8,12-13H2. The molecule has 1 aliphatic rings. The Morgan fingerprint density at radius 3 is 2.63 bits per heavy atom. The molecule has 0 atom stereocenters. The molecule has 1 heterocycles. The van der Waals surface area contributed by atoms with Crippen molar-refractivity contribution in [3.8, 4) is 11.8 Å². The SMILES string of the molecule is O=C1CCCCCC#CCN1C(=O)c1ccccc1. The van der Waals surface area contributed by atoms with E-state index in [9.17, 15) is 9.59 Å². The van der Waals surface area contributed by atoms with E-state index < -0.39 is 0 Å². The molecule has 0 bridgehead atoms. The second-order valence-corrected chi connectivity index (χ2v) is 4.57. The summed E-state index contributed by atoms with van der Waals surface area (Å²) in [6.07, 6.45) is 4.14. The Morgan fingerprint density at radius 1 is 1.05 bits per heavy atom. The molecular formula is C16H17NO2. The van der Waals surface area contributed by atoms with Crippen molar-refractivity contribution in [2.24, 2.45) is 0 Å². The van der Waals surface area contributed by atoms with Gasteiger partial charge >= 0.3 is 0 Å². The van der Waals surface area contributed by atoms with Gasteiger partial charge in [0.05, 0.1) is 6.54 Å². The van der Waals surface area contributed by atoms with Crippen molar-refractivity contribution < 1.29 is 9.59 Å². The highest BCUT2D eigenvalue weighted by molar-refractivity contribution is 6.04. The molecule has 0 aromatic heterocycles. The Labute approximate surface area is 113 Å². The topological polar surface area (TPSA) is 37.4 Å². The second-order valence-electron chi connectivity index (χ2n) is 4.57. The molecule has 0 unspecified atom stereocenters. The minimum atomic E-state index is -0.250. The largest absolute Gasteiger partial charge is 0.274 e. The Balaban J connectivity index is 2.18. The fraction of sp³-hybridized carbons (Fsp3) is 0.375. The number of nitrogens with zero attached hydrogens (tertiary/aromatic N) is 1. The van der Waals surface area contributed by atoms with E-state index in [-0.39, 0.29) is 18.4 Å². The Morgan fingerprint density at radius 2 is 1.84 bits per heavy atom. The third kappa shape index (κ3) is 3.69. The molecule has 0 spiro atoms. The van der Waals surface area contributed by atoms with Gasteiger partial charge in [0, 0.05) is 18.4 Å². The van der Waals surface area contributed by atoms with Crippen LogP contribution >= 0.6 is 0 Å². The first-order valence-corrected chi connectivity index (χ1v) is 6.64. The Kier molecular flexibility index (Phi) is 4.74. The fourth-order valence-corrected chi connectivity index (χ4v) is 2.03. The minimum absolute atomic E-state index is 0.120. The van der Waals surface area contributed by atoms with Gasteiger partial charge in [-0.25, -0.2) is 0 Å². The van der Waals surface area contributed by atoms with E-state index >= 15 is 0 Å². The molecule has 0 radical (unpaired) electrons. The van der Waals surface area contributed by atoms with Crippen molar-refractivity contribution in [2.45, 2.75) is 32.1 Å². The zero-order chi connectivity index (χ0) is 13.5. The molecule has 0 saturated carbocycles. The molecule has 0 N–H and O–H groups in total. The molecular weight excluding hydrogens is 238 g/mol. The highest BCUT2D eigenvalue weighted by Crippen LogP contribution is 2.10. The number of carbonyl (C=O) groups is 2. The highest BCUT2D eigenvalue weighted by atomic mass is 16.2. The number of benzene rings is 1. The molecule has 2 amide bonds. The maximum Gasteiger partial charge on any atom is 0.261 e. The van der Waals surface area contributed by atoms with E-state index in [2.05, 4.69) is 11.8 Å². The number of hydrogen-bond acceptors (Lipinski definition) is 2. The Bertz CT molecular complexity index is 511. The molecule has 0 aliphatic carbocycles. The molecule has 0 fully saturated rings. The third-order valence-corrected chi connectivity index (χ3v) is 3.12. The van der Waals surface area contributed by atoms with E-state index in [1.165, 1.54) is 4.90 Å². The summed E-state index contributed by atoms with van der Waals surface area (Å²) >= 11 is 0. The van der Waals surface area contributed by atoms with Crippen molar-refractivity contribution in [2.75, 3.05) is 6.54 Å². The number of carbonyl (C=O) groups excluding carboxylic acids is 2. The van der Waals surface area contributed by atoms with Crippen LogP contribution in [-0.4, -0.2) is 23.3 Å². The molecule has 3 nitrogen and oxygen atoms in total. The van der Waals surface area contributed by atoms with Gasteiger partial charge < -0.3 is 0 Å². The molecule has 3 heteroatoms. The summed E-state index contributed by atoms with van der Waals surface area (Å²) in [4.78, 5) is 25.7. The summed E-state index contributed by atoms with van der Waals surface area (Å²) < 4.78 is 0. The molecule has 0 saturated heterocycles. The minimum Gasteiger partial charge on any atom is -0.274 e. The van der Waals surface area contributed by atoms with Crippen molar-refractivity contribution in [1.29, 1.82) is 0 Å². The van der Waals surface area contributed by atoms with Crippen LogP contribution in [0, 0.1) is 11.8 Å². The van der Waals surface area contributed by atoms with Crippen LogP contribution in [0.3, 0.4) is 0 Å². The summed E-state index contributed by atoms with van der Waals surface area (Å²) in [5, 5.41) is 0. The predicted molar refractivity (Wildman–Crippen MR) is 73.3 cm³/mol. The summed E-state index contributed by atoms with van der Waals surface area (Å²) in [7, 11) is 0. The second kappa shape index (κ2) is 6.75. The van der Waals surface area contributed by atoms with Gasteiger partial charge in [0.25, 0.3) is 5.91 Å². The van der Waals surface area contributed by atoms with E-state index in [0.717, 1.165) is 25.7 Å². The van der Waals surface area contributed by atoms with Crippen LogP contribution in [0.4, 0.5) is 0 Å². The maximum absolute atomic E-state index is 12.3. The van der Waals surface area contributed by atoms with Crippen molar-refractivity contribution in [3.63, 3.8) is 0 Å². The smallest absolute Gasteiger partial charge is 0.261 e. The van der Waals surface area contributed by atoms with Crippen LogP contribution in [0.1, 0.15) is 42.5 Å². The Hall–Kier alpha value is -2.08. The van der Waals surface area contributed by atoms with Gasteiger partial charge in [-0.3, -0.25) is 14.5 Å². The lowest BCUT2D eigenvalue weighted by atomic mass is 10.1. The van der Waals surface area contributed by atoms with Crippen LogP contribution in [0.15, 0.2) is 30.3 Å². The first-order chi connectivity index (χ1) is 9.29. The lowest BCUT2D eigenvalue weighted by Crippen LogP contribution is -2.37. The van der Waals surface area contributed by atoms with Crippen molar-refractivity contribution in [1.82, 2.24) is 4.90 Å². The number of hydrogen-bond donors (Lipinski definition) is 0. The molecule has 1 aromatic rings. The van der Waals surface area contributed by atoms with Gasteiger partial charge in [-0.15, -0.1) is 5.92 Å². The van der Waals surface area contributed by atoms with E-state index in [0.29, 0.717) is 12.0 Å². The van der Waals surface area contributed by atoms with Gasteiger partial charge in [0.15, 0.2) is 0 Å². The summed E-state index contributed by atoms with van der Waals surface area (Å²) in [5.41, 5.74) is 0.537. The zero-order valence-corrected chi connectivity index (χ0v) is 10.9. The van der Waals surface area contributed by atoms with Gasteiger partial charge in [0.1, 0.15) is 0 Å². The number of imide groups is 1. The van der Waals surface area contributed by atoms with Gasteiger partial charge in [-0.1, -0.05) is 30.5 Å². The van der Waals surface area contributed by atoms with Crippen LogP contribution < -0.4 is 0 Å². The predicted octanol–water partition coefficient (Wildman–Crippen LogP) is 2.62. The lowest BCUT2D eigenvalue weighted by molar-refractivity contribution is -0.128. The molecule has 98 valence electrons. The van der Waals surface area contributed by atoms with Crippen LogP contribution in [0.2, 0.25) is 0 Å². The van der Waals surface area contributed by atoms with Crippen molar-refractivity contribution in [3.05, 3.63) is 35.9 Å². The molecule has 1 aromatic carbocycles. The summed E-state index contributed by atoms with van der Waals surface area (Å²) in [6.45, 7) is 0.201. The lowest BCUT2D eigenvalue weighted by Gasteiger charge is -2.19. The molecule has 1 aliphatic heterocycles. The normalized spacial score (nSPS) is 16.4. The zero-order valence-electron chi connectivity index (χ0n) is 10.9. The average molecular weight is 255 g/mol. The average Bonchev–Trinajstić information content (AvgIpc) is 2.46. The fourth-order valence-electron chi connectivity index (χ4n) is 2.03. The van der Waals surface area contributed by atoms with Gasteiger partial charge in [0.2, 0.25) is 5.91 Å². The third-order valence-electron chi connectivity index (χ3n) is 3.12.